The first-order chi connectivity index (χ1) is 11.5. The molecule has 0 atom stereocenters. The third-order valence-corrected chi connectivity index (χ3v) is 3.54. The molecule has 4 heteroatoms. The summed E-state index contributed by atoms with van der Waals surface area (Å²) in [5, 5.41) is 0. The second kappa shape index (κ2) is 10.7. The highest BCUT2D eigenvalue weighted by Crippen LogP contribution is 2.36. The lowest BCUT2D eigenvalue weighted by atomic mass is 10.0. The van der Waals surface area contributed by atoms with Crippen LogP contribution in [0.3, 0.4) is 0 Å². The van der Waals surface area contributed by atoms with Crippen molar-refractivity contribution < 1.29 is 19.0 Å². The van der Waals surface area contributed by atoms with E-state index in [1.165, 1.54) is 5.56 Å². The number of esters is 1. The van der Waals surface area contributed by atoms with E-state index in [2.05, 4.69) is 25.6 Å². The summed E-state index contributed by atoms with van der Waals surface area (Å²) in [6, 6.07) is 4.21. The third-order valence-electron chi connectivity index (χ3n) is 3.54. The maximum absolute atomic E-state index is 11.4. The van der Waals surface area contributed by atoms with Crippen LogP contribution in [0.1, 0.15) is 51.7 Å². The van der Waals surface area contributed by atoms with Gasteiger partial charge in [-0.1, -0.05) is 32.1 Å². The van der Waals surface area contributed by atoms with Gasteiger partial charge in [-0.2, -0.15) is 0 Å². The van der Waals surface area contributed by atoms with E-state index < -0.39 is 0 Å². The molecule has 1 rings (SSSR count). The van der Waals surface area contributed by atoms with Gasteiger partial charge < -0.3 is 14.2 Å². The lowest BCUT2D eigenvalue weighted by Gasteiger charge is -2.18. The molecule has 0 heterocycles. The van der Waals surface area contributed by atoms with Crippen LogP contribution in [0.2, 0.25) is 0 Å². The van der Waals surface area contributed by atoms with Crippen LogP contribution >= 0.6 is 0 Å². The first kappa shape index (κ1) is 20.1. The van der Waals surface area contributed by atoms with Crippen molar-refractivity contribution in [1.82, 2.24) is 0 Å². The third kappa shape index (κ3) is 5.91. The standard InChI is InChI=1S/C20H30O4/c1-6-10-16-12-13-17(11-9-14-24-20(21)15(4)5)19(23-8-3)18(16)22-7-2/h12-13H,4,6-11,14H2,1-3,5H3. The summed E-state index contributed by atoms with van der Waals surface area (Å²) < 4.78 is 16.9. The molecular formula is C20H30O4. The Morgan fingerprint density at radius 3 is 2.00 bits per heavy atom. The second-order valence-corrected chi connectivity index (χ2v) is 5.68. The van der Waals surface area contributed by atoms with Gasteiger partial charge in [-0.15, -0.1) is 0 Å². The van der Waals surface area contributed by atoms with Crippen molar-refractivity contribution in [3.05, 3.63) is 35.4 Å². The smallest absolute Gasteiger partial charge is 0.333 e. The molecule has 0 radical (unpaired) electrons. The predicted octanol–water partition coefficient (Wildman–Crippen LogP) is 4.49. The zero-order chi connectivity index (χ0) is 17.9. The molecule has 0 bridgehead atoms. The molecule has 0 aliphatic heterocycles. The van der Waals surface area contributed by atoms with Crippen LogP contribution in [-0.2, 0) is 22.4 Å². The van der Waals surface area contributed by atoms with E-state index in [4.69, 9.17) is 14.2 Å². The number of carbonyl (C=O) groups is 1. The van der Waals surface area contributed by atoms with E-state index in [0.29, 0.717) is 25.4 Å². The minimum absolute atomic E-state index is 0.340. The average molecular weight is 334 g/mol. The molecule has 0 aromatic heterocycles. The van der Waals surface area contributed by atoms with Gasteiger partial charge in [-0.3, -0.25) is 0 Å². The molecule has 1 aromatic carbocycles. The van der Waals surface area contributed by atoms with Gasteiger partial charge in [0, 0.05) is 5.57 Å². The Bertz CT molecular complexity index is 549. The van der Waals surface area contributed by atoms with Gasteiger partial charge in [0.25, 0.3) is 0 Å². The summed E-state index contributed by atoms with van der Waals surface area (Å²) >= 11 is 0. The molecule has 0 amide bonds. The fourth-order valence-corrected chi connectivity index (χ4v) is 2.46. The number of rotatable bonds is 11. The van der Waals surface area contributed by atoms with Gasteiger partial charge in [0.1, 0.15) is 0 Å². The van der Waals surface area contributed by atoms with Crippen molar-refractivity contribution >= 4 is 5.97 Å². The average Bonchev–Trinajstić information content (AvgIpc) is 2.55. The fraction of sp³-hybridized carbons (Fsp3) is 0.550. The van der Waals surface area contributed by atoms with Crippen LogP contribution in [0.4, 0.5) is 0 Å². The molecule has 0 aliphatic rings. The highest BCUT2D eigenvalue weighted by atomic mass is 16.5. The van der Waals surface area contributed by atoms with Crippen molar-refractivity contribution in [3.8, 4) is 11.5 Å². The van der Waals surface area contributed by atoms with Crippen LogP contribution in [0.5, 0.6) is 11.5 Å². The van der Waals surface area contributed by atoms with E-state index in [0.717, 1.165) is 42.7 Å². The van der Waals surface area contributed by atoms with Crippen LogP contribution in [-0.4, -0.2) is 25.8 Å². The van der Waals surface area contributed by atoms with Crippen LogP contribution in [0.25, 0.3) is 0 Å². The quantitative estimate of drug-likeness (QED) is 0.340. The van der Waals surface area contributed by atoms with E-state index in [1.807, 2.05) is 13.8 Å². The summed E-state index contributed by atoms with van der Waals surface area (Å²) in [5.74, 6) is 1.35. The second-order valence-electron chi connectivity index (χ2n) is 5.68. The zero-order valence-electron chi connectivity index (χ0n) is 15.4. The maximum atomic E-state index is 11.4. The Hall–Kier alpha value is -1.97. The molecule has 0 spiro atoms. The summed E-state index contributed by atoms with van der Waals surface area (Å²) in [5.41, 5.74) is 2.69. The van der Waals surface area contributed by atoms with Crippen molar-refractivity contribution in [2.45, 2.75) is 53.4 Å². The summed E-state index contributed by atoms with van der Waals surface area (Å²) in [6.07, 6.45) is 3.52. The van der Waals surface area contributed by atoms with Crippen LogP contribution in [0, 0.1) is 0 Å². The Labute approximate surface area is 145 Å². The topological polar surface area (TPSA) is 44.8 Å². The molecule has 1 aromatic rings. The molecule has 134 valence electrons. The summed E-state index contributed by atoms with van der Waals surface area (Å²) in [6.45, 7) is 12.9. The molecule has 0 N–H and O–H groups in total. The Kier molecular flexibility index (Phi) is 8.98. The number of hydrogen-bond donors (Lipinski definition) is 0. The minimum Gasteiger partial charge on any atom is -0.490 e. The first-order valence-electron chi connectivity index (χ1n) is 8.78. The van der Waals surface area contributed by atoms with Crippen molar-refractivity contribution in [2.75, 3.05) is 19.8 Å². The molecule has 0 unspecified atom stereocenters. The van der Waals surface area contributed by atoms with Crippen molar-refractivity contribution in [3.63, 3.8) is 0 Å². The van der Waals surface area contributed by atoms with E-state index >= 15 is 0 Å². The SMILES string of the molecule is C=C(C)C(=O)OCCCc1ccc(CCC)c(OCC)c1OCC. The number of carbonyl (C=O) groups excluding carboxylic acids is 1. The number of ether oxygens (including phenoxy) is 3. The normalized spacial score (nSPS) is 10.3. The van der Waals surface area contributed by atoms with Gasteiger partial charge in [0.05, 0.1) is 19.8 Å². The van der Waals surface area contributed by atoms with Crippen molar-refractivity contribution in [2.24, 2.45) is 0 Å². The van der Waals surface area contributed by atoms with E-state index in [9.17, 15) is 4.79 Å². The molecule has 0 saturated heterocycles. The Balaban J connectivity index is 2.86. The molecule has 0 saturated carbocycles. The zero-order valence-corrected chi connectivity index (χ0v) is 15.4. The van der Waals surface area contributed by atoms with Gasteiger partial charge in [0.2, 0.25) is 0 Å². The van der Waals surface area contributed by atoms with Gasteiger partial charge in [-0.05, 0) is 51.2 Å². The minimum atomic E-state index is -0.340. The van der Waals surface area contributed by atoms with Gasteiger partial charge in [0.15, 0.2) is 11.5 Å². The lowest BCUT2D eigenvalue weighted by Crippen LogP contribution is -2.08. The lowest BCUT2D eigenvalue weighted by molar-refractivity contribution is -0.139. The van der Waals surface area contributed by atoms with Gasteiger partial charge in [-0.25, -0.2) is 4.79 Å². The first-order valence-corrected chi connectivity index (χ1v) is 8.78. The largest absolute Gasteiger partial charge is 0.490 e. The fourth-order valence-electron chi connectivity index (χ4n) is 2.46. The highest BCUT2D eigenvalue weighted by Gasteiger charge is 2.16. The van der Waals surface area contributed by atoms with Crippen LogP contribution in [0.15, 0.2) is 24.3 Å². The van der Waals surface area contributed by atoms with Crippen molar-refractivity contribution in [1.29, 1.82) is 0 Å². The number of aryl methyl sites for hydroxylation is 2. The molecule has 24 heavy (non-hydrogen) atoms. The predicted molar refractivity (Wildman–Crippen MR) is 96.9 cm³/mol. The number of benzene rings is 1. The summed E-state index contributed by atoms with van der Waals surface area (Å²) in [4.78, 5) is 11.4. The highest BCUT2D eigenvalue weighted by molar-refractivity contribution is 5.86. The Morgan fingerprint density at radius 1 is 1.00 bits per heavy atom. The maximum Gasteiger partial charge on any atom is 0.333 e. The van der Waals surface area contributed by atoms with E-state index in [1.54, 1.807) is 6.92 Å². The molecular weight excluding hydrogens is 304 g/mol. The number of hydrogen-bond acceptors (Lipinski definition) is 4. The summed E-state index contributed by atoms with van der Waals surface area (Å²) in [7, 11) is 0. The molecule has 4 nitrogen and oxygen atoms in total. The van der Waals surface area contributed by atoms with Crippen LogP contribution < -0.4 is 9.47 Å². The van der Waals surface area contributed by atoms with Gasteiger partial charge >= 0.3 is 5.97 Å². The molecule has 0 aliphatic carbocycles. The van der Waals surface area contributed by atoms with E-state index in [-0.39, 0.29) is 5.97 Å². The Morgan fingerprint density at radius 2 is 1.54 bits per heavy atom. The molecule has 0 fully saturated rings. The monoisotopic (exact) mass is 334 g/mol.